The molecule has 3 N–H and O–H groups in total. The van der Waals surface area contributed by atoms with Gasteiger partial charge in [0, 0.05) is 25.6 Å². The number of hydrogen-bond acceptors (Lipinski definition) is 6. The molecule has 7 heteroatoms. The number of anilines is 1. The van der Waals surface area contributed by atoms with E-state index < -0.39 is 23.7 Å². The summed E-state index contributed by atoms with van der Waals surface area (Å²) in [6.07, 6.45) is 0. The lowest BCUT2D eigenvalue weighted by Crippen LogP contribution is -2.43. The standard InChI is InChI=1S/C14H18N2O5/c1-4-19-13(18)11(15)12(17)16-8-5-6-9-10(7-8)21-14(2,3)20-9/h5-7,11H,4,15H2,1-3H3,(H,16,17). The third-order valence-corrected chi connectivity index (χ3v) is 2.75. The van der Waals surface area contributed by atoms with Crippen molar-refractivity contribution in [3.8, 4) is 11.5 Å². The van der Waals surface area contributed by atoms with Crippen LogP contribution in [0, 0.1) is 0 Å². The summed E-state index contributed by atoms with van der Waals surface area (Å²) in [7, 11) is 0. The van der Waals surface area contributed by atoms with E-state index in [0.717, 1.165) is 0 Å². The van der Waals surface area contributed by atoms with Crippen LogP contribution in [0.4, 0.5) is 5.69 Å². The molecule has 0 saturated heterocycles. The molecule has 0 aromatic heterocycles. The van der Waals surface area contributed by atoms with Crippen molar-refractivity contribution in [2.24, 2.45) is 5.73 Å². The van der Waals surface area contributed by atoms with Crippen LogP contribution in [0.25, 0.3) is 0 Å². The monoisotopic (exact) mass is 294 g/mol. The molecule has 1 unspecified atom stereocenters. The van der Waals surface area contributed by atoms with Crippen LogP contribution in [-0.2, 0) is 14.3 Å². The number of benzene rings is 1. The summed E-state index contributed by atoms with van der Waals surface area (Å²) in [6.45, 7) is 5.37. The Bertz CT molecular complexity index is 570. The average molecular weight is 294 g/mol. The fraction of sp³-hybridized carbons (Fsp3) is 0.429. The SMILES string of the molecule is CCOC(=O)C(N)C(=O)Nc1ccc2c(c1)OC(C)(C)O2. The van der Waals surface area contributed by atoms with Gasteiger partial charge in [-0.3, -0.25) is 4.79 Å². The van der Waals surface area contributed by atoms with Gasteiger partial charge in [-0.1, -0.05) is 0 Å². The van der Waals surface area contributed by atoms with Gasteiger partial charge < -0.3 is 25.3 Å². The van der Waals surface area contributed by atoms with Crippen molar-refractivity contribution in [1.82, 2.24) is 0 Å². The van der Waals surface area contributed by atoms with E-state index in [1.165, 1.54) is 0 Å². The first kappa shape index (κ1) is 15.1. The first-order chi connectivity index (χ1) is 9.82. The molecule has 7 nitrogen and oxygen atoms in total. The van der Waals surface area contributed by atoms with Crippen LogP contribution >= 0.6 is 0 Å². The number of rotatable bonds is 4. The molecule has 1 aliphatic heterocycles. The molecule has 114 valence electrons. The van der Waals surface area contributed by atoms with E-state index in [1.807, 2.05) is 0 Å². The molecule has 0 saturated carbocycles. The fourth-order valence-corrected chi connectivity index (χ4v) is 1.86. The second-order valence-corrected chi connectivity index (χ2v) is 4.98. The van der Waals surface area contributed by atoms with Gasteiger partial charge in [0.2, 0.25) is 5.79 Å². The van der Waals surface area contributed by atoms with Crippen LogP contribution in [0.2, 0.25) is 0 Å². The molecule has 1 aromatic rings. The van der Waals surface area contributed by atoms with Crippen molar-refractivity contribution in [3.05, 3.63) is 18.2 Å². The Morgan fingerprint density at radius 2 is 2.00 bits per heavy atom. The molecule has 0 radical (unpaired) electrons. The summed E-state index contributed by atoms with van der Waals surface area (Å²) in [4.78, 5) is 23.2. The van der Waals surface area contributed by atoms with E-state index in [2.05, 4.69) is 5.32 Å². The Balaban J connectivity index is 2.05. The lowest BCUT2D eigenvalue weighted by molar-refractivity contribution is -0.146. The molecule has 0 fully saturated rings. The minimum Gasteiger partial charge on any atom is -0.464 e. The van der Waals surface area contributed by atoms with Crippen LogP contribution in [0.5, 0.6) is 11.5 Å². The van der Waals surface area contributed by atoms with Gasteiger partial charge in [-0.25, -0.2) is 4.79 Å². The maximum absolute atomic E-state index is 11.8. The van der Waals surface area contributed by atoms with E-state index in [9.17, 15) is 9.59 Å². The van der Waals surface area contributed by atoms with Gasteiger partial charge in [0.1, 0.15) is 0 Å². The Labute approximate surface area is 122 Å². The largest absolute Gasteiger partial charge is 0.464 e. The number of nitrogens with two attached hydrogens (primary N) is 1. The molecule has 21 heavy (non-hydrogen) atoms. The smallest absolute Gasteiger partial charge is 0.332 e. The maximum atomic E-state index is 11.8. The normalized spacial score (nSPS) is 16.2. The average Bonchev–Trinajstić information content (AvgIpc) is 2.71. The maximum Gasteiger partial charge on any atom is 0.332 e. The van der Waals surface area contributed by atoms with E-state index in [4.69, 9.17) is 19.9 Å². The Morgan fingerprint density at radius 1 is 1.33 bits per heavy atom. The lowest BCUT2D eigenvalue weighted by atomic mass is 10.2. The highest BCUT2D eigenvalue weighted by molar-refractivity contribution is 6.08. The van der Waals surface area contributed by atoms with Crippen molar-refractivity contribution >= 4 is 17.6 Å². The molecule has 1 aliphatic rings. The molecule has 1 amide bonds. The highest BCUT2D eigenvalue weighted by Crippen LogP contribution is 2.40. The van der Waals surface area contributed by atoms with Gasteiger partial charge in [-0.2, -0.15) is 0 Å². The summed E-state index contributed by atoms with van der Waals surface area (Å²) < 4.78 is 15.8. The highest BCUT2D eigenvalue weighted by Gasteiger charge is 2.32. The molecule has 0 aliphatic carbocycles. The number of amides is 1. The van der Waals surface area contributed by atoms with Crippen molar-refractivity contribution < 1.29 is 23.8 Å². The third kappa shape index (κ3) is 3.43. The predicted octanol–water partition coefficient (Wildman–Crippen LogP) is 1.02. The third-order valence-electron chi connectivity index (χ3n) is 2.75. The number of carbonyl (C=O) groups excluding carboxylic acids is 2. The Morgan fingerprint density at radius 3 is 2.67 bits per heavy atom. The quantitative estimate of drug-likeness (QED) is 0.635. The first-order valence-corrected chi connectivity index (χ1v) is 6.57. The zero-order valence-electron chi connectivity index (χ0n) is 12.1. The molecule has 2 rings (SSSR count). The zero-order chi connectivity index (χ0) is 15.6. The second-order valence-electron chi connectivity index (χ2n) is 4.98. The molecule has 0 bridgehead atoms. The van der Waals surface area contributed by atoms with Crippen molar-refractivity contribution in [2.75, 3.05) is 11.9 Å². The fourth-order valence-electron chi connectivity index (χ4n) is 1.86. The Hall–Kier alpha value is -2.28. The summed E-state index contributed by atoms with van der Waals surface area (Å²) in [6, 6.07) is 3.56. The van der Waals surface area contributed by atoms with Crippen LogP contribution in [0.15, 0.2) is 18.2 Å². The molecule has 1 aromatic carbocycles. The molecular formula is C14H18N2O5. The van der Waals surface area contributed by atoms with Gasteiger partial charge in [-0.15, -0.1) is 0 Å². The van der Waals surface area contributed by atoms with E-state index in [1.54, 1.807) is 39.0 Å². The summed E-state index contributed by atoms with van der Waals surface area (Å²) >= 11 is 0. The molecule has 0 spiro atoms. The van der Waals surface area contributed by atoms with Gasteiger partial charge in [0.15, 0.2) is 17.5 Å². The minimum absolute atomic E-state index is 0.166. The molecule has 1 atom stereocenters. The number of hydrogen-bond donors (Lipinski definition) is 2. The highest BCUT2D eigenvalue weighted by atomic mass is 16.7. The lowest BCUT2D eigenvalue weighted by Gasteiger charge is -2.16. The molecule has 1 heterocycles. The van der Waals surface area contributed by atoms with Crippen molar-refractivity contribution in [1.29, 1.82) is 0 Å². The van der Waals surface area contributed by atoms with Crippen molar-refractivity contribution in [2.45, 2.75) is 32.6 Å². The van der Waals surface area contributed by atoms with Crippen LogP contribution in [0.1, 0.15) is 20.8 Å². The van der Waals surface area contributed by atoms with Gasteiger partial charge in [-0.05, 0) is 19.1 Å². The van der Waals surface area contributed by atoms with Crippen LogP contribution in [0.3, 0.4) is 0 Å². The van der Waals surface area contributed by atoms with E-state index >= 15 is 0 Å². The summed E-state index contributed by atoms with van der Waals surface area (Å²) in [5.41, 5.74) is 5.97. The number of fused-ring (bicyclic) bond motifs is 1. The Kier molecular flexibility index (Phi) is 4.04. The number of esters is 1. The van der Waals surface area contributed by atoms with Crippen molar-refractivity contribution in [3.63, 3.8) is 0 Å². The topological polar surface area (TPSA) is 99.9 Å². The second kappa shape index (κ2) is 5.61. The zero-order valence-corrected chi connectivity index (χ0v) is 12.1. The van der Waals surface area contributed by atoms with Gasteiger partial charge >= 0.3 is 5.97 Å². The number of ether oxygens (including phenoxy) is 3. The van der Waals surface area contributed by atoms with Gasteiger partial charge in [0.05, 0.1) is 6.61 Å². The summed E-state index contributed by atoms with van der Waals surface area (Å²) in [5, 5.41) is 2.54. The van der Waals surface area contributed by atoms with Gasteiger partial charge in [0.25, 0.3) is 5.91 Å². The number of nitrogens with one attached hydrogen (secondary N) is 1. The van der Waals surface area contributed by atoms with Crippen LogP contribution in [-0.4, -0.2) is 30.3 Å². The number of carbonyl (C=O) groups is 2. The van der Waals surface area contributed by atoms with E-state index in [0.29, 0.717) is 17.2 Å². The van der Waals surface area contributed by atoms with E-state index in [-0.39, 0.29) is 6.61 Å². The first-order valence-electron chi connectivity index (χ1n) is 6.57. The van der Waals surface area contributed by atoms with Crippen LogP contribution < -0.4 is 20.5 Å². The molecular weight excluding hydrogens is 276 g/mol. The minimum atomic E-state index is -1.37. The predicted molar refractivity (Wildman–Crippen MR) is 75.0 cm³/mol. The summed E-state index contributed by atoms with van der Waals surface area (Å²) in [5.74, 6) is -1.05.